The molecule has 0 aliphatic carbocycles. The predicted molar refractivity (Wildman–Crippen MR) is 182 cm³/mol. The molecule has 6 heterocycles. The Labute approximate surface area is 296 Å². The molecule has 2 aliphatic rings. The van der Waals surface area contributed by atoms with Crippen LogP contribution in [0.25, 0.3) is 11.3 Å². The Balaban J connectivity index is 0.000000162. The van der Waals surface area contributed by atoms with Crippen LogP contribution < -0.4 is 18.9 Å². The monoisotopic (exact) mass is 712 g/mol. The Hall–Kier alpha value is -6.32. The average Bonchev–Trinajstić information content (AvgIpc) is 3.75. The number of carbonyl (C=O) groups excluding carboxylic acids is 2. The minimum absolute atomic E-state index is 0.208. The van der Waals surface area contributed by atoms with Gasteiger partial charge in [0.2, 0.25) is 11.8 Å². The van der Waals surface area contributed by atoms with E-state index in [1.807, 2.05) is 0 Å². The summed E-state index contributed by atoms with van der Waals surface area (Å²) in [5.74, 6) is 0.501. The zero-order chi connectivity index (χ0) is 36.5. The van der Waals surface area contributed by atoms with Crippen LogP contribution in [0, 0.1) is 11.6 Å². The highest BCUT2D eigenvalue weighted by Crippen LogP contribution is 2.32. The second-order valence-corrected chi connectivity index (χ2v) is 12.2. The van der Waals surface area contributed by atoms with Gasteiger partial charge in [0, 0.05) is 49.7 Å². The molecule has 2 aromatic carbocycles. The average molecular weight is 713 g/mol. The van der Waals surface area contributed by atoms with Gasteiger partial charge in [0.05, 0.1) is 25.5 Å². The van der Waals surface area contributed by atoms with E-state index in [-0.39, 0.29) is 36.7 Å². The quantitative estimate of drug-likeness (QED) is 0.213. The van der Waals surface area contributed by atoms with Crippen molar-refractivity contribution in [1.29, 1.82) is 0 Å². The van der Waals surface area contributed by atoms with Crippen LogP contribution in [0.1, 0.15) is 57.9 Å². The third kappa shape index (κ3) is 6.86. The van der Waals surface area contributed by atoms with Crippen LogP contribution in [0.3, 0.4) is 0 Å². The van der Waals surface area contributed by atoms with E-state index < -0.39 is 12.2 Å². The minimum Gasteiger partial charge on any atom is -0.491 e. The van der Waals surface area contributed by atoms with Crippen LogP contribution in [0.2, 0.25) is 0 Å². The highest BCUT2D eigenvalue weighted by Gasteiger charge is 2.23. The first-order valence-corrected chi connectivity index (χ1v) is 16.4. The molecule has 6 aromatic rings. The number of benzene rings is 2. The van der Waals surface area contributed by atoms with E-state index in [1.165, 1.54) is 55.5 Å². The molecule has 0 saturated carbocycles. The second kappa shape index (κ2) is 14.1. The van der Waals surface area contributed by atoms with Crippen molar-refractivity contribution >= 4 is 23.1 Å². The summed E-state index contributed by atoms with van der Waals surface area (Å²) in [7, 11) is 3.37. The summed E-state index contributed by atoms with van der Waals surface area (Å²) in [6.07, 6.45) is 5.33. The predicted octanol–water partition coefficient (Wildman–Crippen LogP) is 4.95. The fourth-order valence-electron chi connectivity index (χ4n) is 5.76. The number of hydrogen-bond acceptors (Lipinski definition) is 10. The van der Waals surface area contributed by atoms with Crippen LogP contribution >= 0.6 is 0 Å². The van der Waals surface area contributed by atoms with E-state index in [0.29, 0.717) is 69.9 Å². The van der Waals surface area contributed by atoms with E-state index in [1.54, 1.807) is 64.6 Å². The zero-order valence-electron chi connectivity index (χ0n) is 28.7. The second-order valence-electron chi connectivity index (χ2n) is 12.2. The Morgan fingerprint density at radius 2 is 1.08 bits per heavy atom. The fraction of sp³-hybridized carbons (Fsp3) is 0.278. The summed E-state index contributed by atoms with van der Waals surface area (Å²) in [5, 5.41) is 8.31. The fourth-order valence-corrected chi connectivity index (χ4v) is 5.76. The molecule has 0 saturated heterocycles. The van der Waals surface area contributed by atoms with Gasteiger partial charge in [-0.1, -0.05) is 0 Å². The first-order chi connectivity index (χ1) is 25.0. The van der Waals surface area contributed by atoms with Crippen LogP contribution in [0.5, 0.6) is 23.3 Å². The summed E-state index contributed by atoms with van der Waals surface area (Å²) in [4.78, 5) is 37.2. The van der Waals surface area contributed by atoms with Crippen molar-refractivity contribution in [3.63, 3.8) is 0 Å². The number of likely N-dealkylation sites (N-methyl/N-ethyl adjacent to an activating group) is 2. The van der Waals surface area contributed by atoms with Crippen LogP contribution in [-0.4, -0.2) is 91.2 Å². The molecule has 2 amide bonds. The molecule has 8 rings (SSSR count). The summed E-state index contributed by atoms with van der Waals surface area (Å²) < 4.78 is 53.8. The number of carbonyl (C=O) groups is 2. The van der Waals surface area contributed by atoms with Crippen molar-refractivity contribution in [2.75, 3.05) is 40.4 Å². The first-order valence-electron chi connectivity index (χ1n) is 16.4. The van der Waals surface area contributed by atoms with Gasteiger partial charge in [-0.15, -0.1) is 0 Å². The van der Waals surface area contributed by atoms with Crippen molar-refractivity contribution in [2.45, 2.75) is 26.1 Å². The Bertz CT molecular complexity index is 2130. The molecular weight excluding hydrogens is 678 g/mol. The highest BCUT2D eigenvalue weighted by molar-refractivity contribution is 6.00. The SMILES string of the molecule is CC1Oc2ccn3ncc(c3n2)C(=O)N(C)CCOc2ccc(F)cc21.C[C@H]1Oc2ccn3ncc(c3n2)C(=O)N(C)CCOc2ccc(F)cc21. The maximum Gasteiger partial charge on any atom is 0.259 e. The van der Waals surface area contributed by atoms with Crippen molar-refractivity contribution in [2.24, 2.45) is 0 Å². The van der Waals surface area contributed by atoms with E-state index in [4.69, 9.17) is 18.9 Å². The van der Waals surface area contributed by atoms with Crippen molar-refractivity contribution in [3.05, 3.63) is 107 Å². The van der Waals surface area contributed by atoms with Gasteiger partial charge in [0.25, 0.3) is 11.8 Å². The lowest BCUT2D eigenvalue weighted by molar-refractivity contribution is 0.0768. The summed E-state index contributed by atoms with van der Waals surface area (Å²) in [5.41, 5.74) is 2.74. The van der Waals surface area contributed by atoms with Gasteiger partial charge in [-0.3, -0.25) is 9.59 Å². The lowest BCUT2D eigenvalue weighted by Crippen LogP contribution is -2.31. The smallest absolute Gasteiger partial charge is 0.259 e. The molecule has 52 heavy (non-hydrogen) atoms. The highest BCUT2D eigenvalue weighted by atomic mass is 19.1. The van der Waals surface area contributed by atoms with Crippen molar-refractivity contribution in [1.82, 2.24) is 39.0 Å². The maximum atomic E-state index is 13.7. The number of ether oxygens (including phenoxy) is 4. The molecule has 4 aromatic heterocycles. The van der Waals surface area contributed by atoms with Gasteiger partial charge in [0.1, 0.15) is 59.7 Å². The molecule has 4 bridgehead atoms. The van der Waals surface area contributed by atoms with E-state index in [0.717, 1.165) is 0 Å². The number of nitrogens with zero attached hydrogens (tertiary/aromatic N) is 8. The number of rotatable bonds is 0. The number of hydrogen-bond donors (Lipinski definition) is 0. The van der Waals surface area contributed by atoms with Crippen LogP contribution in [0.15, 0.2) is 73.3 Å². The Morgan fingerprint density at radius 1 is 0.654 bits per heavy atom. The normalized spacial score (nSPS) is 17.7. The molecule has 1 unspecified atom stereocenters. The number of fused-ring (bicyclic) bond motifs is 4. The van der Waals surface area contributed by atoms with Crippen LogP contribution in [0.4, 0.5) is 8.78 Å². The number of halogens is 2. The van der Waals surface area contributed by atoms with E-state index >= 15 is 0 Å². The molecule has 0 fully saturated rings. The molecule has 2 atom stereocenters. The summed E-state index contributed by atoms with van der Waals surface area (Å²) in [6.45, 7) is 4.85. The van der Waals surface area contributed by atoms with Crippen molar-refractivity contribution in [3.8, 4) is 23.3 Å². The maximum absolute atomic E-state index is 13.7. The topological polar surface area (TPSA) is 138 Å². The van der Waals surface area contributed by atoms with Gasteiger partial charge in [-0.05, 0) is 50.2 Å². The molecule has 0 spiro atoms. The standard InChI is InChI=1S/2C18H17FN4O3/c2*1-11-13-9-12(19)3-4-15(13)25-8-7-22(2)18(24)14-10-20-23-6-5-16(26-11)21-17(14)23/h2*3-6,9-11H,7-8H2,1-2H3/t11-;/m1./s1. The molecular formula is C36H34F2N8O6. The lowest BCUT2D eigenvalue weighted by Gasteiger charge is -2.19. The number of aromatic nitrogens is 6. The zero-order valence-corrected chi connectivity index (χ0v) is 28.7. The third-order valence-electron chi connectivity index (χ3n) is 8.62. The summed E-state index contributed by atoms with van der Waals surface area (Å²) in [6, 6.07) is 11.9. The molecule has 268 valence electrons. The molecule has 0 radical (unpaired) electrons. The van der Waals surface area contributed by atoms with E-state index in [2.05, 4.69) is 20.2 Å². The largest absolute Gasteiger partial charge is 0.491 e. The summed E-state index contributed by atoms with van der Waals surface area (Å²) >= 11 is 0. The molecule has 0 N–H and O–H groups in total. The van der Waals surface area contributed by atoms with Gasteiger partial charge >= 0.3 is 0 Å². The Kier molecular flexibility index (Phi) is 9.28. The molecule has 16 heteroatoms. The minimum atomic E-state index is -0.490. The van der Waals surface area contributed by atoms with Crippen molar-refractivity contribution < 1.29 is 37.3 Å². The molecule has 2 aliphatic heterocycles. The van der Waals surface area contributed by atoms with Gasteiger partial charge < -0.3 is 28.7 Å². The van der Waals surface area contributed by atoms with E-state index in [9.17, 15) is 18.4 Å². The van der Waals surface area contributed by atoms with Crippen LogP contribution in [-0.2, 0) is 0 Å². The lowest BCUT2D eigenvalue weighted by atomic mass is 10.1. The molecule has 14 nitrogen and oxygen atoms in total. The first kappa shape index (κ1) is 34.1. The Morgan fingerprint density at radius 3 is 1.50 bits per heavy atom. The third-order valence-corrected chi connectivity index (χ3v) is 8.62. The van der Waals surface area contributed by atoms with Gasteiger partial charge in [-0.2, -0.15) is 20.2 Å². The van der Waals surface area contributed by atoms with Gasteiger partial charge in [-0.25, -0.2) is 17.8 Å². The van der Waals surface area contributed by atoms with Gasteiger partial charge in [0.15, 0.2) is 11.3 Å². The number of amides is 2.